The zero-order valence-electron chi connectivity index (χ0n) is 20.2. The van der Waals surface area contributed by atoms with Crippen molar-refractivity contribution >= 4 is 20.0 Å². The molecule has 0 aliphatic rings. The molecule has 0 spiro atoms. The Hall–Kier alpha value is -1.74. The van der Waals surface area contributed by atoms with E-state index in [0.717, 1.165) is 33.4 Å². The van der Waals surface area contributed by atoms with Crippen molar-refractivity contribution < 1.29 is 16.8 Å². The fraction of sp³-hybridized carbons (Fsp3) is 0.500. The van der Waals surface area contributed by atoms with Crippen molar-refractivity contribution in [2.45, 2.75) is 71.1 Å². The highest BCUT2D eigenvalue weighted by Crippen LogP contribution is 2.25. The molecule has 0 unspecified atom stereocenters. The Balaban J connectivity index is 2.02. The average Bonchev–Trinajstić information content (AvgIpc) is 2.62. The molecule has 0 heterocycles. The summed E-state index contributed by atoms with van der Waals surface area (Å²) in [7, 11) is -7.22. The number of aryl methyl sites for hydroxylation is 6. The minimum Gasteiger partial charge on any atom is -0.211 e. The lowest BCUT2D eigenvalue weighted by Crippen LogP contribution is -2.33. The molecular weight excluding hydrogens is 444 g/mol. The largest absolute Gasteiger partial charge is 0.243 e. The van der Waals surface area contributed by atoms with Crippen LogP contribution in [0.2, 0.25) is 0 Å². The van der Waals surface area contributed by atoms with E-state index in [1.165, 1.54) is 4.31 Å². The molecule has 2 aromatic rings. The van der Waals surface area contributed by atoms with Gasteiger partial charge in [-0.3, -0.25) is 0 Å². The van der Waals surface area contributed by atoms with Gasteiger partial charge in [-0.05, 0) is 76.6 Å². The molecule has 0 atom stereocenters. The first-order chi connectivity index (χ1) is 14.8. The highest BCUT2D eigenvalue weighted by molar-refractivity contribution is 7.89. The van der Waals surface area contributed by atoms with Crippen LogP contribution < -0.4 is 4.72 Å². The monoisotopic (exact) mass is 480 g/mol. The Labute approximate surface area is 194 Å². The summed E-state index contributed by atoms with van der Waals surface area (Å²) < 4.78 is 56.2. The normalized spacial score (nSPS) is 12.5. The Morgan fingerprint density at radius 2 is 1.16 bits per heavy atom. The Bertz CT molecular complexity index is 1140. The van der Waals surface area contributed by atoms with Crippen LogP contribution in [0.15, 0.2) is 34.1 Å². The predicted octanol–water partition coefficient (Wildman–Crippen LogP) is 4.31. The number of hydrogen-bond acceptors (Lipinski definition) is 4. The van der Waals surface area contributed by atoms with Crippen LogP contribution in [0.4, 0.5) is 0 Å². The molecule has 178 valence electrons. The maximum atomic E-state index is 13.2. The lowest BCUT2D eigenvalue weighted by atomic mass is 10.1. The van der Waals surface area contributed by atoms with Gasteiger partial charge in [0.15, 0.2) is 0 Å². The van der Waals surface area contributed by atoms with Gasteiger partial charge in [0.05, 0.1) is 9.79 Å². The fourth-order valence-corrected chi connectivity index (χ4v) is 7.86. The zero-order chi connectivity index (χ0) is 24.3. The third kappa shape index (κ3) is 5.98. The Morgan fingerprint density at radius 3 is 1.59 bits per heavy atom. The highest BCUT2D eigenvalue weighted by atomic mass is 32.2. The Morgan fingerprint density at radius 1 is 0.719 bits per heavy atom. The molecule has 1 N–H and O–H groups in total. The summed E-state index contributed by atoms with van der Waals surface area (Å²) in [5.74, 6) is 0. The third-order valence-corrected chi connectivity index (χ3v) is 9.60. The topological polar surface area (TPSA) is 83.6 Å². The van der Waals surface area contributed by atoms with Gasteiger partial charge in [0.2, 0.25) is 20.0 Å². The lowest BCUT2D eigenvalue weighted by molar-refractivity contribution is 0.414. The summed E-state index contributed by atoms with van der Waals surface area (Å²) in [5.41, 5.74) is 5.01. The quantitative estimate of drug-likeness (QED) is 0.514. The molecule has 0 aliphatic heterocycles. The number of benzene rings is 2. The second-order valence-corrected chi connectivity index (χ2v) is 12.1. The van der Waals surface area contributed by atoms with Crippen molar-refractivity contribution in [3.05, 3.63) is 57.6 Å². The number of rotatable bonds is 10. The summed E-state index contributed by atoms with van der Waals surface area (Å²) in [5, 5.41) is 0. The maximum Gasteiger partial charge on any atom is 0.243 e. The smallest absolute Gasteiger partial charge is 0.211 e. The van der Waals surface area contributed by atoms with Crippen LogP contribution >= 0.6 is 0 Å². The molecule has 32 heavy (non-hydrogen) atoms. The molecule has 0 saturated carbocycles. The predicted molar refractivity (Wildman–Crippen MR) is 130 cm³/mol. The van der Waals surface area contributed by atoms with Crippen LogP contribution in [0.3, 0.4) is 0 Å². The van der Waals surface area contributed by atoms with Crippen LogP contribution in [0.25, 0.3) is 0 Å². The lowest BCUT2D eigenvalue weighted by Gasteiger charge is -2.23. The average molecular weight is 481 g/mol. The van der Waals surface area contributed by atoms with E-state index in [2.05, 4.69) is 4.72 Å². The van der Waals surface area contributed by atoms with Gasteiger partial charge >= 0.3 is 0 Å². The van der Waals surface area contributed by atoms with Gasteiger partial charge in [0.1, 0.15) is 0 Å². The van der Waals surface area contributed by atoms with E-state index in [-0.39, 0.29) is 6.54 Å². The van der Waals surface area contributed by atoms with Gasteiger partial charge < -0.3 is 0 Å². The summed E-state index contributed by atoms with van der Waals surface area (Å²) in [6.07, 6.45) is 1.10. The minimum absolute atomic E-state index is 0.259. The van der Waals surface area contributed by atoms with Crippen molar-refractivity contribution in [3.63, 3.8) is 0 Å². The van der Waals surface area contributed by atoms with Gasteiger partial charge in [-0.15, -0.1) is 0 Å². The van der Waals surface area contributed by atoms with Crippen molar-refractivity contribution in [2.24, 2.45) is 0 Å². The van der Waals surface area contributed by atoms with Gasteiger partial charge in [-0.1, -0.05) is 42.3 Å². The SMILES string of the molecule is CCN(CCCCNS(=O)(=O)c1c(C)cc(C)cc1C)S(=O)(=O)c1c(C)cc(C)cc1C. The van der Waals surface area contributed by atoms with Gasteiger partial charge in [-0.25, -0.2) is 21.6 Å². The van der Waals surface area contributed by atoms with E-state index in [4.69, 9.17) is 0 Å². The van der Waals surface area contributed by atoms with Gasteiger partial charge in [0, 0.05) is 19.6 Å². The van der Waals surface area contributed by atoms with Crippen LogP contribution in [0.1, 0.15) is 53.1 Å². The van der Waals surface area contributed by atoms with Gasteiger partial charge in [0.25, 0.3) is 0 Å². The molecule has 0 aliphatic carbocycles. The number of unbranched alkanes of at least 4 members (excludes halogenated alkanes) is 1. The molecule has 2 aromatic carbocycles. The number of nitrogens with zero attached hydrogens (tertiary/aromatic N) is 1. The standard InChI is InChI=1S/C24H36N2O4S2/c1-8-26(32(29,30)24-21(6)15-18(3)16-22(24)7)12-10-9-11-25-31(27,28)23-19(4)13-17(2)14-20(23)5/h13-16,25H,8-12H2,1-7H3. The second kappa shape index (κ2) is 10.5. The molecular formula is C24H36N2O4S2. The molecule has 0 radical (unpaired) electrons. The third-order valence-electron chi connectivity index (χ3n) is 5.56. The van der Waals surface area contributed by atoms with E-state index in [1.54, 1.807) is 13.8 Å². The molecule has 8 heteroatoms. The van der Waals surface area contributed by atoms with E-state index in [9.17, 15) is 16.8 Å². The van der Waals surface area contributed by atoms with E-state index >= 15 is 0 Å². The van der Waals surface area contributed by atoms with Crippen molar-refractivity contribution in [1.82, 2.24) is 9.03 Å². The molecule has 0 saturated heterocycles. The van der Waals surface area contributed by atoms with Crippen LogP contribution in [-0.4, -0.2) is 40.8 Å². The maximum absolute atomic E-state index is 13.2. The number of hydrogen-bond donors (Lipinski definition) is 1. The first-order valence-corrected chi connectivity index (χ1v) is 13.9. The summed E-state index contributed by atoms with van der Waals surface area (Å²) in [4.78, 5) is 0.696. The molecule has 0 aromatic heterocycles. The van der Waals surface area contributed by atoms with E-state index in [0.29, 0.717) is 35.7 Å². The van der Waals surface area contributed by atoms with E-state index < -0.39 is 20.0 Å². The molecule has 0 fully saturated rings. The van der Waals surface area contributed by atoms with Crippen molar-refractivity contribution in [1.29, 1.82) is 0 Å². The molecule has 0 amide bonds. The molecule has 0 bridgehead atoms. The number of sulfonamides is 2. The van der Waals surface area contributed by atoms with Crippen LogP contribution in [-0.2, 0) is 20.0 Å². The van der Waals surface area contributed by atoms with Crippen molar-refractivity contribution in [3.8, 4) is 0 Å². The first kappa shape index (κ1) is 26.5. The van der Waals surface area contributed by atoms with Crippen LogP contribution in [0.5, 0.6) is 0 Å². The summed E-state index contributed by atoms with van der Waals surface area (Å²) in [6.45, 7) is 13.9. The molecule has 2 rings (SSSR count). The summed E-state index contributed by atoms with van der Waals surface area (Å²) in [6, 6.07) is 7.50. The second-order valence-electron chi connectivity index (χ2n) is 8.56. The summed E-state index contributed by atoms with van der Waals surface area (Å²) >= 11 is 0. The molecule has 6 nitrogen and oxygen atoms in total. The van der Waals surface area contributed by atoms with Crippen molar-refractivity contribution in [2.75, 3.05) is 19.6 Å². The minimum atomic E-state index is -3.61. The Kier molecular flexibility index (Phi) is 8.67. The first-order valence-electron chi connectivity index (χ1n) is 11.0. The van der Waals surface area contributed by atoms with Gasteiger partial charge in [-0.2, -0.15) is 4.31 Å². The van der Waals surface area contributed by atoms with E-state index in [1.807, 2.05) is 58.9 Å². The number of nitrogens with one attached hydrogen (secondary N) is 1. The zero-order valence-corrected chi connectivity index (χ0v) is 21.9. The van der Waals surface area contributed by atoms with Crippen LogP contribution in [0, 0.1) is 41.5 Å². The fourth-order valence-electron chi connectivity index (χ4n) is 4.43. The highest BCUT2D eigenvalue weighted by Gasteiger charge is 2.26.